The molecule has 0 saturated carbocycles. The molecular weight excluding hydrogens is 372 g/mol. The number of likely N-dealkylation sites (tertiary alicyclic amines) is 1. The highest BCUT2D eigenvalue weighted by molar-refractivity contribution is 7.99. The standard InChI is InChI=1S/C18H27ClN4O2S/c1-17(2,3)25-16(24)23-8-6-7-11(9-23)20-15-12-10-26-18(4,5)13(12)14(19)21-22-15/h11H,6-10H2,1-5H3,(H,20,22)/t11-/m1/s1. The molecule has 1 aromatic rings. The van der Waals surface area contributed by atoms with E-state index < -0.39 is 5.60 Å². The van der Waals surface area contributed by atoms with Crippen LogP contribution in [-0.2, 0) is 15.2 Å². The summed E-state index contributed by atoms with van der Waals surface area (Å²) < 4.78 is 5.44. The number of nitrogens with one attached hydrogen (secondary N) is 1. The van der Waals surface area contributed by atoms with Gasteiger partial charge in [-0.25, -0.2) is 4.79 Å². The molecule has 144 valence electrons. The fourth-order valence-corrected chi connectivity index (χ4v) is 5.02. The molecule has 26 heavy (non-hydrogen) atoms. The first kappa shape index (κ1) is 19.5. The van der Waals surface area contributed by atoms with E-state index in [-0.39, 0.29) is 16.9 Å². The van der Waals surface area contributed by atoms with Crippen LogP contribution in [-0.4, -0.2) is 45.9 Å². The number of fused-ring (bicyclic) bond motifs is 1. The SMILES string of the molecule is CC(C)(C)OC(=O)N1CCC[C@@H](Nc2nnc(Cl)c3c2CSC3(C)C)C1. The Bertz CT molecular complexity index is 705. The van der Waals surface area contributed by atoms with Crippen LogP contribution >= 0.6 is 23.4 Å². The van der Waals surface area contributed by atoms with Crippen molar-refractivity contribution in [1.82, 2.24) is 15.1 Å². The Morgan fingerprint density at radius 1 is 1.38 bits per heavy atom. The van der Waals surface area contributed by atoms with Crippen LogP contribution in [0.1, 0.15) is 58.6 Å². The first-order valence-electron chi connectivity index (χ1n) is 9.01. The van der Waals surface area contributed by atoms with E-state index in [4.69, 9.17) is 16.3 Å². The molecule has 1 amide bonds. The van der Waals surface area contributed by atoms with Crippen LogP contribution in [0.25, 0.3) is 0 Å². The summed E-state index contributed by atoms with van der Waals surface area (Å²) in [4.78, 5) is 14.1. The number of hydrogen-bond donors (Lipinski definition) is 1. The molecule has 0 unspecified atom stereocenters. The van der Waals surface area contributed by atoms with Crippen molar-refractivity contribution in [3.63, 3.8) is 0 Å². The van der Waals surface area contributed by atoms with E-state index >= 15 is 0 Å². The Labute approximate surface area is 164 Å². The summed E-state index contributed by atoms with van der Waals surface area (Å²) in [7, 11) is 0. The van der Waals surface area contributed by atoms with Gasteiger partial charge < -0.3 is 15.0 Å². The number of anilines is 1. The Kier molecular flexibility index (Phi) is 5.32. The van der Waals surface area contributed by atoms with Crippen molar-refractivity contribution >= 4 is 35.3 Å². The Hall–Kier alpha value is -1.21. The molecule has 2 aliphatic heterocycles. The smallest absolute Gasteiger partial charge is 0.410 e. The van der Waals surface area contributed by atoms with E-state index in [0.29, 0.717) is 11.7 Å². The first-order valence-corrected chi connectivity index (χ1v) is 10.4. The lowest BCUT2D eigenvalue weighted by Gasteiger charge is -2.34. The van der Waals surface area contributed by atoms with E-state index in [1.807, 2.05) is 32.5 Å². The zero-order chi connectivity index (χ0) is 19.1. The average molecular weight is 399 g/mol. The molecule has 2 aliphatic rings. The third kappa shape index (κ3) is 4.19. The van der Waals surface area contributed by atoms with Crippen LogP contribution in [0.15, 0.2) is 0 Å². The Morgan fingerprint density at radius 2 is 2.12 bits per heavy atom. The molecule has 1 atom stereocenters. The predicted octanol–water partition coefficient (Wildman–Crippen LogP) is 4.42. The van der Waals surface area contributed by atoms with Crippen LogP contribution in [0.2, 0.25) is 5.15 Å². The molecule has 1 fully saturated rings. The monoisotopic (exact) mass is 398 g/mol. The maximum atomic E-state index is 12.4. The Balaban J connectivity index is 1.72. The predicted molar refractivity (Wildman–Crippen MR) is 106 cm³/mol. The molecular formula is C18H27ClN4O2S. The number of carbonyl (C=O) groups is 1. The minimum atomic E-state index is -0.483. The minimum Gasteiger partial charge on any atom is -0.444 e. The number of nitrogens with zero attached hydrogens (tertiary/aromatic N) is 3. The maximum Gasteiger partial charge on any atom is 0.410 e. The summed E-state index contributed by atoms with van der Waals surface area (Å²) >= 11 is 8.15. The number of aromatic nitrogens is 2. The third-order valence-corrected chi connectivity index (χ3v) is 6.25. The maximum absolute atomic E-state index is 12.4. The first-order chi connectivity index (χ1) is 12.1. The van der Waals surface area contributed by atoms with Gasteiger partial charge in [-0.15, -0.1) is 22.0 Å². The lowest BCUT2D eigenvalue weighted by Crippen LogP contribution is -2.47. The highest BCUT2D eigenvalue weighted by atomic mass is 35.5. The highest BCUT2D eigenvalue weighted by Gasteiger charge is 2.37. The van der Waals surface area contributed by atoms with Gasteiger partial charge in [-0.1, -0.05) is 11.6 Å². The molecule has 8 heteroatoms. The molecule has 3 rings (SSSR count). The van der Waals surface area contributed by atoms with Gasteiger partial charge in [-0.05, 0) is 47.5 Å². The van der Waals surface area contributed by atoms with Gasteiger partial charge in [-0.3, -0.25) is 0 Å². The number of rotatable bonds is 2. The number of hydrogen-bond acceptors (Lipinski definition) is 6. The van der Waals surface area contributed by atoms with Crippen molar-refractivity contribution in [3.8, 4) is 0 Å². The van der Waals surface area contributed by atoms with Gasteiger partial charge in [0.05, 0.1) is 0 Å². The molecule has 1 saturated heterocycles. The van der Waals surface area contributed by atoms with Gasteiger partial charge in [0.1, 0.15) is 5.60 Å². The summed E-state index contributed by atoms with van der Waals surface area (Å²) in [5, 5.41) is 12.4. The van der Waals surface area contributed by atoms with Crippen LogP contribution < -0.4 is 5.32 Å². The summed E-state index contributed by atoms with van der Waals surface area (Å²) in [5.41, 5.74) is 1.72. The Morgan fingerprint density at radius 3 is 2.81 bits per heavy atom. The second kappa shape index (κ2) is 7.08. The van der Waals surface area contributed by atoms with Crippen molar-refractivity contribution in [3.05, 3.63) is 16.3 Å². The van der Waals surface area contributed by atoms with Crippen LogP contribution in [0.5, 0.6) is 0 Å². The third-order valence-electron chi connectivity index (χ3n) is 4.63. The zero-order valence-corrected chi connectivity index (χ0v) is 17.6. The number of piperidine rings is 1. The molecule has 6 nitrogen and oxygen atoms in total. The van der Waals surface area contributed by atoms with Crippen molar-refractivity contribution in [2.75, 3.05) is 18.4 Å². The normalized spacial score (nSPS) is 22.1. The zero-order valence-electron chi connectivity index (χ0n) is 16.1. The fourth-order valence-electron chi connectivity index (χ4n) is 3.42. The van der Waals surface area contributed by atoms with Crippen molar-refractivity contribution in [2.24, 2.45) is 0 Å². The second-order valence-electron chi connectivity index (χ2n) is 8.40. The molecule has 0 spiro atoms. The van der Waals surface area contributed by atoms with Gasteiger partial charge in [-0.2, -0.15) is 0 Å². The summed E-state index contributed by atoms with van der Waals surface area (Å²) in [6, 6.07) is 0.129. The quantitative estimate of drug-likeness (QED) is 0.795. The number of carbonyl (C=O) groups excluding carboxylic acids is 1. The van der Waals surface area contributed by atoms with Gasteiger partial charge in [0.2, 0.25) is 0 Å². The number of thioether (sulfide) groups is 1. The van der Waals surface area contributed by atoms with E-state index in [1.54, 1.807) is 4.90 Å². The van der Waals surface area contributed by atoms with Crippen molar-refractivity contribution in [1.29, 1.82) is 0 Å². The minimum absolute atomic E-state index is 0.0616. The molecule has 0 radical (unpaired) electrons. The molecule has 0 aromatic carbocycles. The molecule has 0 aliphatic carbocycles. The lowest BCUT2D eigenvalue weighted by atomic mass is 9.99. The summed E-state index contributed by atoms with van der Waals surface area (Å²) in [6.45, 7) is 11.3. The van der Waals surface area contributed by atoms with E-state index in [1.165, 1.54) is 0 Å². The molecule has 1 N–H and O–H groups in total. The highest BCUT2D eigenvalue weighted by Crippen LogP contribution is 2.50. The fraction of sp³-hybridized carbons (Fsp3) is 0.722. The van der Waals surface area contributed by atoms with Gasteiger partial charge in [0.15, 0.2) is 11.0 Å². The topological polar surface area (TPSA) is 67.3 Å². The van der Waals surface area contributed by atoms with Crippen LogP contribution in [0.3, 0.4) is 0 Å². The van der Waals surface area contributed by atoms with E-state index in [0.717, 1.165) is 42.1 Å². The molecule has 1 aromatic heterocycles. The van der Waals surface area contributed by atoms with Gasteiger partial charge in [0.25, 0.3) is 0 Å². The molecule has 3 heterocycles. The van der Waals surface area contributed by atoms with Gasteiger partial charge >= 0.3 is 6.09 Å². The summed E-state index contributed by atoms with van der Waals surface area (Å²) in [6.07, 6.45) is 1.66. The van der Waals surface area contributed by atoms with Crippen LogP contribution in [0, 0.1) is 0 Å². The molecule has 0 bridgehead atoms. The number of halogens is 1. The van der Waals surface area contributed by atoms with Crippen molar-refractivity contribution in [2.45, 2.75) is 69.6 Å². The lowest BCUT2D eigenvalue weighted by molar-refractivity contribution is 0.0206. The van der Waals surface area contributed by atoms with Crippen molar-refractivity contribution < 1.29 is 9.53 Å². The largest absolute Gasteiger partial charge is 0.444 e. The second-order valence-corrected chi connectivity index (χ2v) is 10.4. The van der Waals surface area contributed by atoms with Gasteiger partial charge in [0, 0.05) is 40.8 Å². The average Bonchev–Trinajstić information content (AvgIpc) is 2.85. The number of amides is 1. The van der Waals surface area contributed by atoms with E-state index in [9.17, 15) is 4.79 Å². The number of ether oxygens (including phenoxy) is 1. The van der Waals surface area contributed by atoms with E-state index in [2.05, 4.69) is 29.4 Å². The summed E-state index contributed by atoms with van der Waals surface area (Å²) in [5.74, 6) is 1.65. The van der Waals surface area contributed by atoms with Crippen LogP contribution in [0.4, 0.5) is 10.6 Å².